The molecule has 1 aromatic rings. The predicted molar refractivity (Wildman–Crippen MR) is 76.2 cm³/mol. The number of aryl methyl sites for hydroxylation is 1. The van der Waals surface area contributed by atoms with E-state index in [2.05, 4.69) is 5.32 Å². The van der Waals surface area contributed by atoms with E-state index in [9.17, 15) is 4.79 Å². The maximum Gasteiger partial charge on any atom is 0.322 e. The average molecular weight is 262 g/mol. The van der Waals surface area contributed by atoms with E-state index in [1.807, 2.05) is 36.1 Å². The van der Waals surface area contributed by atoms with Crippen LogP contribution in [0.25, 0.3) is 0 Å². The number of aliphatic hydroxyl groups excluding tert-OH is 1. The number of carbonyl (C=O) groups is 1. The largest absolute Gasteiger partial charge is 0.396 e. The van der Waals surface area contributed by atoms with E-state index >= 15 is 0 Å². The molecule has 4 heteroatoms. The highest BCUT2D eigenvalue weighted by molar-refractivity contribution is 5.90. The van der Waals surface area contributed by atoms with Gasteiger partial charge in [-0.3, -0.25) is 0 Å². The lowest BCUT2D eigenvalue weighted by molar-refractivity contribution is 0.141. The highest BCUT2D eigenvalue weighted by Crippen LogP contribution is 2.21. The van der Waals surface area contributed by atoms with Gasteiger partial charge in [-0.15, -0.1) is 0 Å². The van der Waals surface area contributed by atoms with Crippen LogP contribution in [0.2, 0.25) is 0 Å². The standard InChI is InChI=1S/C15H22N2O2/c1-12-6-2-3-8-14(12)16-15(19)17-10-5-4-7-13(17)9-11-18/h2-3,6,8,13,18H,4-5,7,9-11H2,1H3,(H,16,19). The molecule has 1 aliphatic rings. The van der Waals surface area contributed by atoms with Crippen molar-refractivity contribution in [1.29, 1.82) is 0 Å². The summed E-state index contributed by atoms with van der Waals surface area (Å²) in [6.45, 7) is 2.90. The van der Waals surface area contributed by atoms with Crippen molar-refractivity contribution in [3.63, 3.8) is 0 Å². The van der Waals surface area contributed by atoms with Crippen molar-refractivity contribution in [2.24, 2.45) is 0 Å². The van der Waals surface area contributed by atoms with E-state index in [1.54, 1.807) is 0 Å². The summed E-state index contributed by atoms with van der Waals surface area (Å²) in [4.78, 5) is 14.2. The van der Waals surface area contributed by atoms with E-state index in [0.717, 1.165) is 37.1 Å². The monoisotopic (exact) mass is 262 g/mol. The first-order chi connectivity index (χ1) is 9.22. The summed E-state index contributed by atoms with van der Waals surface area (Å²) >= 11 is 0. The van der Waals surface area contributed by atoms with E-state index < -0.39 is 0 Å². The third-order valence-electron chi connectivity index (χ3n) is 3.74. The number of likely N-dealkylation sites (tertiary alicyclic amines) is 1. The molecule has 1 saturated heterocycles. The number of nitrogens with one attached hydrogen (secondary N) is 1. The lowest BCUT2D eigenvalue weighted by Crippen LogP contribution is -2.46. The normalized spacial score (nSPS) is 19.3. The SMILES string of the molecule is Cc1ccccc1NC(=O)N1CCCCC1CCO. The van der Waals surface area contributed by atoms with E-state index in [-0.39, 0.29) is 18.7 Å². The molecule has 2 rings (SSSR count). The Morgan fingerprint density at radius 1 is 1.42 bits per heavy atom. The lowest BCUT2D eigenvalue weighted by atomic mass is 10.00. The number of rotatable bonds is 3. The second-order valence-corrected chi connectivity index (χ2v) is 5.10. The number of carbonyl (C=O) groups excluding carboxylic acids is 1. The van der Waals surface area contributed by atoms with Crippen molar-refractivity contribution in [2.75, 3.05) is 18.5 Å². The van der Waals surface area contributed by atoms with Crippen molar-refractivity contribution in [3.05, 3.63) is 29.8 Å². The molecule has 0 aliphatic carbocycles. The third kappa shape index (κ3) is 3.47. The van der Waals surface area contributed by atoms with Crippen molar-refractivity contribution >= 4 is 11.7 Å². The topological polar surface area (TPSA) is 52.6 Å². The Morgan fingerprint density at radius 3 is 2.95 bits per heavy atom. The van der Waals surface area contributed by atoms with Crippen molar-refractivity contribution in [1.82, 2.24) is 4.90 Å². The van der Waals surface area contributed by atoms with Crippen LogP contribution < -0.4 is 5.32 Å². The van der Waals surface area contributed by atoms with Crippen molar-refractivity contribution in [2.45, 2.75) is 38.6 Å². The van der Waals surface area contributed by atoms with Gasteiger partial charge in [0.25, 0.3) is 0 Å². The van der Waals surface area contributed by atoms with Gasteiger partial charge in [0.15, 0.2) is 0 Å². The minimum atomic E-state index is -0.0487. The Labute approximate surface area is 114 Å². The summed E-state index contributed by atoms with van der Waals surface area (Å²) in [5, 5.41) is 12.1. The van der Waals surface area contributed by atoms with Crippen molar-refractivity contribution in [3.8, 4) is 0 Å². The maximum absolute atomic E-state index is 12.3. The van der Waals surface area contributed by atoms with Gasteiger partial charge in [-0.1, -0.05) is 18.2 Å². The second-order valence-electron chi connectivity index (χ2n) is 5.10. The van der Waals surface area contributed by atoms with Gasteiger partial charge >= 0.3 is 6.03 Å². The van der Waals surface area contributed by atoms with Crippen LogP contribution in [0.4, 0.5) is 10.5 Å². The molecular weight excluding hydrogens is 240 g/mol. The summed E-state index contributed by atoms with van der Waals surface area (Å²) in [7, 11) is 0. The number of amides is 2. The molecule has 1 atom stereocenters. The lowest BCUT2D eigenvalue weighted by Gasteiger charge is -2.35. The summed E-state index contributed by atoms with van der Waals surface area (Å²) in [5.41, 5.74) is 1.92. The van der Waals surface area contributed by atoms with E-state index in [4.69, 9.17) is 5.11 Å². The molecule has 0 radical (unpaired) electrons. The van der Waals surface area contributed by atoms with Gasteiger partial charge in [0.05, 0.1) is 0 Å². The predicted octanol–water partition coefficient (Wildman–Crippen LogP) is 2.76. The Bertz CT molecular complexity index is 432. The molecule has 0 saturated carbocycles. The van der Waals surface area contributed by atoms with E-state index in [1.165, 1.54) is 0 Å². The van der Waals surface area contributed by atoms with Gasteiger partial charge in [-0.25, -0.2) is 4.79 Å². The van der Waals surface area contributed by atoms with Gasteiger partial charge in [0, 0.05) is 24.9 Å². The number of nitrogens with zero attached hydrogens (tertiary/aromatic N) is 1. The summed E-state index contributed by atoms with van der Waals surface area (Å²) in [6.07, 6.45) is 3.84. The van der Waals surface area contributed by atoms with Crippen LogP contribution in [0.15, 0.2) is 24.3 Å². The Morgan fingerprint density at radius 2 is 2.21 bits per heavy atom. The Hall–Kier alpha value is -1.55. The summed E-state index contributed by atoms with van der Waals surface area (Å²) in [6, 6.07) is 7.90. The molecule has 2 N–H and O–H groups in total. The number of urea groups is 1. The smallest absolute Gasteiger partial charge is 0.322 e. The summed E-state index contributed by atoms with van der Waals surface area (Å²) in [5.74, 6) is 0. The molecule has 104 valence electrons. The fourth-order valence-corrected chi connectivity index (χ4v) is 2.62. The van der Waals surface area contributed by atoms with Crippen LogP contribution in [0.3, 0.4) is 0 Å². The molecule has 0 bridgehead atoms. The number of aliphatic hydroxyl groups is 1. The number of benzene rings is 1. The molecule has 0 spiro atoms. The van der Waals surface area contributed by atoms with Crippen LogP contribution in [0.1, 0.15) is 31.2 Å². The maximum atomic E-state index is 12.3. The van der Waals surface area contributed by atoms with Crippen LogP contribution >= 0.6 is 0 Å². The molecule has 4 nitrogen and oxygen atoms in total. The highest BCUT2D eigenvalue weighted by Gasteiger charge is 2.26. The number of para-hydroxylation sites is 1. The van der Waals surface area contributed by atoms with Crippen LogP contribution in [0.5, 0.6) is 0 Å². The molecular formula is C15H22N2O2. The van der Waals surface area contributed by atoms with Gasteiger partial charge in [0.1, 0.15) is 0 Å². The van der Waals surface area contributed by atoms with Crippen LogP contribution in [-0.2, 0) is 0 Å². The Balaban J connectivity index is 2.03. The zero-order chi connectivity index (χ0) is 13.7. The minimum Gasteiger partial charge on any atom is -0.396 e. The van der Waals surface area contributed by atoms with E-state index in [0.29, 0.717) is 6.42 Å². The zero-order valence-corrected chi connectivity index (χ0v) is 11.4. The van der Waals surface area contributed by atoms with Crippen LogP contribution in [0, 0.1) is 6.92 Å². The first kappa shape index (κ1) is 13.9. The fraction of sp³-hybridized carbons (Fsp3) is 0.533. The molecule has 2 amide bonds. The highest BCUT2D eigenvalue weighted by atomic mass is 16.3. The molecule has 1 aromatic carbocycles. The van der Waals surface area contributed by atoms with Crippen LogP contribution in [-0.4, -0.2) is 35.2 Å². The van der Waals surface area contributed by atoms with Crippen molar-refractivity contribution < 1.29 is 9.90 Å². The summed E-state index contributed by atoms with van der Waals surface area (Å²) < 4.78 is 0. The molecule has 1 unspecified atom stereocenters. The molecule has 1 fully saturated rings. The fourth-order valence-electron chi connectivity index (χ4n) is 2.62. The quantitative estimate of drug-likeness (QED) is 0.880. The number of piperidine rings is 1. The van der Waals surface area contributed by atoms with Gasteiger partial charge in [-0.05, 0) is 44.2 Å². The zero-order valence-electron chi connectivity index (χ0n) is 11.4. The molecule has 1 aliphatic heterocycles. The minimum absolute atomic E-state index is 0.0487. The van der Waals surface area contributed by atoms with Gasteiger partial charge in [-0.2, -0.15) is 0 Å². The first-order valence-corrected chi connectivity index (χ1v) is 6.96. The average Bonchev–Trinajstić information content (AvgIpc) is 2.42. The number of hydrogen-bond acceptors (Lipinski definition) is 2. The molecule has 0 aromatic heterocycles. The number of anilines is 1. The van der Waals surface area contributed by atoms with Gasteiger partial charge in [0.2, 0.25) is 0 Å². The second kappa shape index (κ2) is 6.57. The Kier molecular flexibility index (Phi) is 4.80. The third-order valence-corrected chi connectivity index (χ3v) is 3.74. The molecule has 1 heterocycles. The van der Waals surface area contributed by atoms with Gasteiger partial charge < -0.3 is 15.3 Å². The first-order valence-electron chi connectivity index (χ1n) is 6.96. The molecule has 19 heavy (non-hydrogen) atoms. The number of hydrogen-bond donors (Lipinski definition) is 2.